The van der Waals surface area contributed by atoms with Crippen LogP contribution < -0.4 is 0 Å². The molecule has 2 aromatic rings. The zero-order valence-corrected chi connectivity index (χ0v) is 15.2. The molecule has 1 unspecified atom stereocenters. The molecule has 1 fully saturated rings. The van der Waals surface area contributed by atoms with Crippen LogP contribution in [0.15, 0.2) is 54.6 Å². The number of urea groups is 1. The van der Waals surface area contributed by atoms with Gasteiger partial charge in [-0.3, -0.25) is 14.4 Å². The fraction of sp³-hybridized carbons (Fsp3) is 0.238. The number of ketones is 1. The molecule has 138 valence electrons. The first-order valence-corrected chi connectivity index (χ1v) is 8.80. The van der Waals surface area contributed by atoms with Gasteiger partial charge in [-0.2, -0.15) is 0 Å². The quantitative estimate of drug-likeness (QED) is 0.449. The summed E-state index contributed by atoms with van der Waals surface area (Å²) in [6.07, 6.45) is 0.846. The minimum absolute atomic E-state index is 0.388. The molecule has 1 heterocycles. The van der Waals surface area contributed by atoms with Crippen LogP contribution in [-0.2, 0) is 16.0 Å². The van der Waals surface area contributed by atoms with Crippen molar-refractivity contribution in [3.8, 4) is 0 Å². The van der Waals surface area contributed by atoms with Crippen molar-refractivity contribution < 1.29 is 19.2 Å². The average molecular weight is 364 g/mol. The van der Waals surface area contributed by atoms with Gasteiger partial charge in [0.15, 0.2) is 5.78 Å². The van der Waals surface area contributed by atoms with Gasteiger partial charge >= 0.3 is 17.8 Å². The van der Waals surface area contributed by atoms with Gasteiger partial charge in [0.1, 0.15) is 0 Å². The monoisotopic (exact) mass is 364 g/mol. The number of carbonyl (C=O) groups excluding carboxylic acids is 4. The summed E-state index contributed by atoms with van der Waals surface area (Å²) < 4.78 is 0. The highest BCUT2D eigenvalue weighted by molar-refractivity contribution is 6.45. The fourth-order valence-electron chi connectivity index (χ4n) is 3.05. The van der Waals surface area contributed by atoms with Crippen LogP contribution in [0.1, 0.15) is 41.4 Å². The van der Waals surface area contributed by atoms with Gasteiger partial charge in [0.2, 0.25) is 0 Å². The van der Waals surface area contributed by atoms with Crippen LogP contribution >= 0.6 is 0 Å². The molecule has 0 spiro atoms. The molecule has 0 N–H and O–H groups in total. The maximum absolute atomic E-state index is 12.7. The lowest BCUT2D eigenvalue weighted by molar-refractivity contribution is -0.143. The van der Waals surface area contributed by atoms with E-state index in [1.165, 1.54) is 0 Å². The molecule has 0 bridgehead atoms. The number of Topliss-reactive ketones (excluding diaryl/α,β-unsaturated/α-hetero) is 1. The lowest BCUT2D eigenvalue weighted by Gasteiger charge is -2.22. The summed E-state index contributed by atoms with van der Waals surface area (Å²) in [5, 5.41) is 0. The Morgan fingerprint density at radius 2 is 1.56 bits per heavy atom. The summed E-state index contributed by atoms with van der Waals surface area (Å²) in [5.74, 6) is -2.27. The summed E-state index contributed by atoms with van der Waals surface area (Å²) >= 11 is 0. The standard InChI is InChI=1S/C21H20N2O4/c1-3-15-9-11-17(12-10-15)18(24)13-22-19(25)20(26)23(21(22)27)14(2)16-7-5-4-6-8-16/h4-12,14H,3,13H2,1-2H3. The summed E-state index contributed by atoms with van der Waals surface area (Å²) in [7, 11) is 0. The highest BCUT2D eigenvalue weighted by Crippen LogP contribution is 2.26. The third kappa shape index (κ3) is 3.51. The molecule has 1 saturated heterocycles. The van der Waals surface area contributed by atoms with E-state index in [2.05, 4.69) is 0 Å². The Morgan fingerprint density at radius 3 is 2.15 bits per heavy atom. The molecular formula is C21H20N2O4. The van der Waals surface area contributed by atoms with Gasteiger partial charge in [-0.05, 0) is 24.5 Å². The van der Waals surface area contributed by atoms with E-state index in [1.54, 1.807) is 43.3 Å². The minimum atomic E-state index is -0.971. The van der Waals surface area contributed by atoms with Gasteiger partial charge in [-0.25, -0.2) is 14.6 Å². The molecule has 2 aromatic carbocycles. The van der Waals surface area contributed by atoms with Crippen molar-refractivity contribution in [1.82, 2.24) is 9.80 Å². The van der Waals surface area contributed by atoms with Crippen molar-refractivity contribution in [2.24, 2.45) is 0 Å². The topological polar surface area (TPSA) is 74.8 Å². The zero-order chi connectivity index (χ0) is 19.6. The lowest BCUT2D eigenvalue weighted by Crippen LogP contribution is -2.37. The number of carbonyl (C=O) groups is 4. The minimum Gasteiger partial charge on any atom is -0.292 e. The van der Waals surface area contributed by atoms with E-state index in [-0.39, 0.29) is 5.78 Å². The molecular weight excluding hydrogens is 344 g/mol. The number of hydrogen-bond acceptors (Lipinski definition) is 4. The molecule has 4 amide bonds. The first kappa shape index (κ1) is 18.5. The third-order valence-electron chi connectivity index (χ3n) is 4.74. The van der Waals surface area contributed by atoms with E-state index in [0.717, 1.165) is 27.3 Å². The van der Waals surface area contributed by atoms with E-state index in [0.29, 0.717) is 5.56 Å². The van der Waals surface area contributed by atoms with Crippen LogP contribution in [0.5, 0.6) is 0 Å². The number of rotatable bonds is 6. The van der Waals surface area contributed by atoms with Crippen LogP contribution in [0, 0.1) is 0 Å². The Balaban J connectivity index is 1.78. The number of benzene rings is 2. The van der Waals surface area contributed by atoms with Crippen molar-refractivity contribution in [3.63, 3.8) is 0 Å². The summed E-state index contributed by atoms with van der Waals surface area (Å²) in [6, 6.07) is 14.6. The lowest BCUT2D eigenvalue weighted by atomic mass is 10.1. The Labute approximate surface area is 157 Å². The Kier molecular flexibility index (Phi) is 5.16. The normalized spacial score (nSPS) is 15.4. The van der Waals surface area contributed by atoms with E-state index >= 15 is 0 Å². The first-order chi connectivity index (χ1) is 12.9. The maximum atomic E-state index is 12.7. The summed E-state index contributed by atoms with van der Waals surface area (Å²) in [5.41, 5.74) is 2.21. The number of aryl methyl sites for hydroxylation is 1. The molecule has 1 aliphatic heterocycles. The van der Waals surface area contributed by atoms with E-state index in [4.69, 9.17) is 0 Å². The number of imide groups is 2. The second kappa shape index (κ2) is 7.53. The fourth-order valence-corrected chi connectivity index (χ4v) is 3.05. The van der Waals surface area contributed by atoms with Crippen molar-refractivity contribution >= 4 is 23.6 Å². The Hall–Kier alpha value is -3.28. The molecule has 6 nitrogen and oxygen atoms in total. The largest absolute Gasteiger partial charge is 0.335 e. The average Bonchev–Trinajstić information content (AvgIpc) is 2.91. The second-order valence-electron chi connectivity index (χ2n) is 6.41. The Morgan fingerprint density at radius 1 is 0.926 bits per heavy atom. The smallest absolute Gasteiger partial charge is 0.292 e. The van der Waals surface area contributed by atoms with Crippen LogP contribution in [0.4, 0.5) is 4.79 Å². The maximum Gasteiger partial charge on any atom is 0.335 e. The van der Waals surface area contributed by atoms with Crippen LogP contribution in [-0.4, -0.2) is 40.0 Å². The summed E-state index contributed by atoms with van der Waals surface area (Å²) in [6.45, 7) is 3.23. The number of nitrogens with zero attached hydrogens (tertiary/aromatic N) is 2. The molecule has 0 aromatic heterocycles. The first-order valence-electron chi connectivity index (χ1n) is 8.80. The zero-order valence-electron chi connectivity index (χ0n) is 15.2. The summed E-state index contributed by atoms with van der Waals surface area (Å²) in [4.78, 5) is 51.4. The highest BCUT2D eigenvalue weighted by atomic mass is 16.2. The molecule has 1 atom stereocenters. The van der Waals surface area contributed by atoms with Gasteiger partial charge < -0.3 is 0 Å². The van der Waals surface area contributed by atoms with Crippen LogP contribution in [0.3, 0.4) is 0 Å². The molecule has 0 saturated carbocycles. The SMILES string of the molecule is CCc1ccc(C(=O)CN2C(=O)C(=O)N(C(C)c3ccccc3)C2=O)cc1. The van der Waals surface area contributed by atoms with Crippen molar-refractivity contribution in [3.05, 3.63) is 71.3 Å². The third-order valence-corrected chi connectivity index (χ3v) is 4.74. The highest BCUT2D eigenvalue weighted by Gasteiger charge is 2.47. The predicted octanol–water partition coefficient (Wildman–Crippen LogP) is 2.98. The van der Waals surface area contributed by atoms with Gasteiger partial charge in [0, 0.05) is 5.56 Å². The molecule has 3 rings (SSSR count). The van der Waals surface area contributed by atoms with E-state index in [9.17, 15) is 19.2 Å². The molecule has 27 heavy (non-hydrogen) atoms. The second-order valence-corrected chi connectivity index (χ2v) is 6.41. The van der Waals surface area contributed by atoms with Gasteiger partial charge in [-0.1, -0.05) is 61.5 Å². The van der Waals surface area contributed by atoms with E-state index in [1.807, 2.05) is 25.1 Å². The van der Waals surface area contributed by atoms with Crippen molar-refractivity contribution in [1.29, 1.82) is 0 Å². The number of amides is 4. The Bertz CT molecular complexity index is 890. The van der Waals surface area contributed by atoms with Crippen molar-refractivity contribution in [2.45, 2.75) is 26.3 Å². The molecule has 6 heteroatoms. The predicted molar refractivity (Wildman–Crippen MR) is 99.0 cm³/mol. The van der Waals surface area contributed by atoms with Crippen molar-refractivity contribution in [2.75, 3.05) is 6.54 Å². The van der Waals surface area contributed by atoms with Crippen LogP contribution in [0.2, 0.25) is 0 Å². The molecule has 0 aliphatic carbocycles. The van der Waals surface area contributed by atoms with Gasteiger partial charge in [-0.15, -0.1) is 0 Å². The van der Waals surface area contributed by atoms with Gasteiger partial charge in [0.05, 0.1) is 12.6 Å². The van der Waals surface area contributed by atoms with Gasteiger partial charge in [0.25, 0.3) is 0 Å². The number of hydrogen-bond donors (Lipinski definition) is 0. The molecule has 0 radical (unpaired) electrons. The molecule has 1 aliphatic rings. The van der Waals surface area contributed by atoms with E-state index < -0.39 is 30.4 Å². The van der Waals surface area contributed by atoms with Crippen LogP contribution in [0.25, 0.3) is 0 Å².